The van der Waals surface area contributed by atoms with Gasteiger partial charge in [0.2, 0.25) is 0 Å². The standard InChI is InChI=1S/C14H27N.C3H8/c1-12(2)15-10-8-14(9-11-15)6-4-13(3)5-7-14;1-3-2/h12-13H,4-11H2,1-3H3;3H2,1-2H3. The molecule has 1 saturated heterocycles. The number of hydrogen-bond donors (Lipinski definition) is 0. The predicted octanol–water partition coefficient (Wildman–Crippen LogP) is 5.10. The fourth-order valence-electron chi connectivity index (χ4n) is 3.39. The number of rotatable bonds is 1. The molecule has 18 heavy (non-hydrogen) atoms. The SMILES string of the molecule is CC1CCC2(CC1)CCN(C(C)C)CC2.CCC. The van der Waals surface area contributed by atoms with Crippen LogP contribution in [-0.2, 0) is 0 Å². The van der Waals surface area contributed by atoms with E-state index in [-0.39, 0.29) is 0 Å². The predicted molar refractivity (Wildman–Crippen MR) is 82.0 cm³/mol. The van der Waals surface area contributed by atoms with Gasteiger partial charge >= 0.3 is 0 Å². The molecule has 1 aliphatic carbocycles. The summed E-state index contributed by atoms with van der Waals surface area (Å²) in [5.41, 5.74) is 0.762. The first-order chi connectivity index (χ1) is 8.53. The number of nitrogens with zero attached hydrogens (tertiary/aromatic N) is 1. The zero-order valence-corrected chi connectivity index (χ0v) is 13.5. The molecule has 0 aromatic carbocycles. The average molecular weight is 253 g/mol. The van der Waals surface area contributed by atoms with Crippen molar-refractivity contribution in [2.45, 2.75) is 85.6 Å². The van der Waals surface area contributed by atoms with Gasteiger partial charge in [0.05, 0.1) is 0 Å². The number of hydrogen-bond acceptors (Lipinski definition) is 1. The summed E-state index contributed by atoms with van der Waals surface area (Å²) < 4.78 is 0. The molecular formula is C17H35N. The van der Waals surface area contributed by atoms with Gasteiger partial charge in [-0.2, -0.15) is 0 Å². The Morgan fingerprint density at radius 3 is 1.83 bits per heavy atom. The van der Waals surface area contributed by atoms with Crippen molar-refractivity contribution >= 4 is 0 Å². The Hall–Kier alpha value is -0.0400. The highest BCUT2D eigenvalue weighted by atomic mass is 15.2. The van der Waals surface area contributed by atoms with Crippen molar-refractivity contribution in [3.8, 4) is 0 Å². The maximum atomic E-state index is 2.66. The first-order valence-electron chi connectivity index (χ1n) is 8.27. The van der Waals surface area contributed by atoms with Crippen LogP contribution in [0.1, 0.15) is 79.6 Å². The highest BCUT2D eigenvalue weighted by Gasteiger charge is 2.37. The average Bonchev–Trinajstić information content (AvgIpc) is 2.35. The van der Waals surface area contributed by atoms with Crippen LogP contribution in [0.3, 0.4) is 0 Å². The first kappa shape index (κ1) is 16.0. The monoisotopic (exact) mass is 253 g/mol. The van der Waals surface area contributed by atoms with Gasteiger partial charge in [0, 0.05) is 6.04 Å². The van der Waals surface area contributed by atoms with E-state index in [1.165, 1.54) is 58.0 Å². The number of piperidine rings is 1. The van der Waals surface area contributed by atoms with Crippen molar-refractivity contribution in [2.24, 2.45) is 11.3 Å². The van der Waals surface area contributed by atoms with Crippen LogP contribution in [0.5, 0.6) is 0 Å². The molecule has 2 rings (SSSR count). The van der Waals surface area contributed by atoms with Crippen molar-refractivity contribution in [3.63, 3.8) is 0 Å². The van der Waals surface area contributed by atoms with E-state index in [0.29, 0.717) is 0 Å². The minimum absolute atomic E-state index is 0.755. The van der Waals surface area contributed by atoms with Crippen LogP contribution < -0.4 is 0 Å². The highest BCUT2D eigenvalue weighted by molar-refractivity contribution is 4.90. The molecule has 2 fully saturated rings. The minimum atomic E-state index is 0.755. The topological polar surface area (TPSA) is 3.24 Å². The van der Waals surface area contributed by atoms with Crippen LogP contribution in [0.15, 0.2) is 0 Å². The van der Waals surface area contributed by atoms with E-state index in [1.54, 1.807) is 0 Å². The summed E-state index contributed by atoms with van der Waals surface area (Å²) >= 11 is 0. The second-order valence-electron chi connectivity index (χ2n) is 7.02. The molecule has 0 atom stereocenters. The molecule has 1 nitrogen and oxygen atoms in total. The summed E-state index contributed by atoms with van der Waals surface area (Å²) in [5, 5.41) is 0. The zero-order chi connectivity index (χ0) is 13.6. The summed E-state index contributed by atoms with van der Waals surface area (Å²) in [7, 11) is 0. The summed E-state index contributed by atoms with van der Waals surface area (Å²) in [5.74, 6) is 0.999. The molecule has 0 radical (unpaired) electrons. The van der Waals surface area contributed by atoms with Gasteiger partial charge in [-0.25, -0.2) is 0 Å². The normalized spacial score (nSPS) is 25.0. The number of likely N-dealkylation sites (tertiary alicyclic amines) is 1. The Morgan fingerprint density at radius 1 is 1.00 bits per heavy atom. The van der Waals surface area contributed by atoms with Crippen LogP contribution in [0.2, 0.25) is 0 Å². The summed E-state index contributed by atoms with van der Waals surface area (Å²) in [6.45, 7) is 14.1. The Balaban J connectivity index is 0.000000492. The van der Waals surface area contributed by atoms with E-state index in [2.05, 4.69) is 39.5 Å². The van der Waals surface area contributed by atoms with E-state index >= 15 is 0 Å². The molecule has 1 spiro atoms. The molecule has 1 heterocycles. The lowest BCUT2D eigenvalue weighted by atomic mass is 9.66. The van der Waals surface area contributed by atoms with Crippen molar-refractivity contribution in [2.75, 3.05) is 13.1 Å². The smallest absolute Gasteiger partial charge is 0.00385 e. The third kappa shape index (κ3) is 4.57. The van der Waals surface area contributed by atoms with Crippen molar-refractivity contribution in [3.05, 3.63) is 0 Å². The van der Waals surface area contributed by atoms with Crippen LogP contribution >= 0.6 is 0 Å². The van der Waals surface area contributed by atoms with Gasteiger partial charge in [-0.1, -0.05) is 40.0 Å². The molecule has 0 N–H and O–H groups in total. The van der Waals surface area contributed by atoms with E-state index in [0.717, 1.165) is 17.4 Å². The van der Waals surface area contributed by atoms with Gasteiger partial charge in [-0.05, 0) is 64.0 Å². The van der Waals surface area contributed by atoms with E-state index in [4.69, 9.17) is 0 Å². The second kappa shape index (κ2) is 7.53. The van der Waals surface area contributed by atoms with Gasteiger partial charge in [-0.15, -0.1) is 0 Å². The molecule has 2 aliphatic rings. The second-order valence-corrected chi connectivity index (χ2v) is 7.02. The molecule has 0 aromatic rings. The summed E-state index contributed by atoms with van der Waals surface area (Å²) in [6.07, 6.45) is 10.2. The van der Waals surface area contributed by atoms with Crippen molar-refractivity contribution in [1.82, 2.24) is 4.90 Å². The van der Waals surface area contributed by atoms with Gasteiger partial charge < -0.3 is 4.90 Å². The largest absolute Gasteiger partial charge is 0.301 e. The molecule has 1 heteroatoms. The third-order valence-corrected chi connectivity index (χ3v) is 4.92. The Kier molecular flexibility index (Phi) is 6.70. The van der Waals surface area contributed by atoms with Crippen molar-refractivity contribution < 1.29 is 0 Å². The van der Waals surface area contributed by atoms with Gasteiger partial charge in [0.1, 0.15) is 0 Å². The lowest BCUT2D eigenvalue weighted by Gasteiger charge is -2.46. The highest BCUT2D eigenvalue weighted by Crippen LogP contribution is 2.46. The molecule has 0 bridgehead atoms. The molecule has 0 amide bonds. The molecule has 0 aromatic heterocycles. The lowest BCUT2D eigenvalue weighted by molar-refractivity contribution is 0.0420. The van der Waals surface area contributed by atoms with E-state index < -0.39 is 0 Å². The summed E-state index contributed by atoms with van der Waals surface area (Å²) in [4.78, 5) is 2.66. The van der Waals surface area contributed by atoms with E-state index in [1.807, 2.05) is 0 Å². The Labute approximate surface area is 115 Å². The molecule has 108 valence electrons. The molecule has 1 aliphatic heterocycles. The van der Waals surface area contributed by atoms with Crippen molar-refractivity contribution in [1.29, 1.82) is 0 Å². The van der Waals surface area contributed by atoms with E-state index in [9.17, 15) is 0 Å². The third-order valence-electron chi connectivity index (χ3n) is 4.92. The van der Waals surface area contributed by atoms with Crippen LogP contribution in [-0.4, -0.2) is 24.0 Å². The van der Waals surface area contributed by atoms with Crippen LogP contribution in [0.4, 0.5) is 0 Å². The maximum absolute atomic E-state index is 2.66. The van der Waals surface area contributed by atoms with Crippen LogP contribution in [0, 0.1) is 11.3 Å². The lowest BCUT2D eigenvalue weighted by Crippen LogP contribution is -2.44. The molecule has 0 unspecified atom stereocenters. The van der Waals surface area contributed by atoms with Crippen LogP contribution in [0.25, 0.3) is 0 Å². The molecule has 1 saturated carbocycles. The quantitative estimate of drug-likeness (QED) is 0.628. The maximum Gasteiger partial charge on any atom is 0.00385 e. The molecular weight excluding hydrogens is 218 g/mol. The zero-order valence-electron chi connectivity index (χ0n) is 13.5. The van der Waals surface area contributed by atoms with Gasteiger partial charge in [-0.3, -0.25) is 0 Å². The van der Waals surface area contributed by atoms with Gasteiger partial charge in [0.15, 0.2) is 0 Å². The minimum Gasteiger partial charge on any atom is -0.301 e. The fraction of sp³-hybridized carbons (Fsp3) is 1.00. The first-order valence-corrected chi connectivity index (χ1v) is 8.27. The fourth-order valence-corrected chi connectivity index (χ4v) is 3.39. The van der Waals surface area contributed by atoms with Gasteiger partial charge in [0.25, 0.3) is 0 Å². The summed E-state index contributed by atoms with van der Waals surface area (Å²) in [6, 6.07) is 0.755. The Bertz CT molecular complexity index is 204. The Morgan fingerprint density at radius 2 is 1.44 bits per heavy atom.